The van der Waals surface area contributed by atoms with Crippen molar-refractivity contribution in [3.8, 4) is 11.9 Å². The number of amides is 1. The fourth-order valence-corrected chi connectivity index (χ4v) is 7.08. The van der Waals surface area contributed by atoms with Gasteiger partial charge in [0.15, 0.2) is 9.84 Å². The zero-order chi connectivity index (χ0) is 30.1. The van der Waals surface area contributed by atoms with Crippen LogP contribution in [0.25, 0.3) is 11.0 Å². The molecule has 43 heavy (non-hydrogen) atoms. The van der Waals surface area contributed by atoms with Crippen molar-refractivity contribution in [3.05, 3.63) is 88.6 Å². The lowest BCUT2D eigenvalue weighted by atomic mass is 9.93. The molecule has 2 N–H and O–H groups in total. The summed E-state index contributed by atoms with van der Waals surface area (Å²) >= 11 is 0. The number of aromatic nitrogens is 3. The van der Waals surface area contributed by atoms with E-state index >= 15 is 0 Å². The number of imidazole rings is 1. The lowest BCUT2D eigenvalue weighted by Gasteiger charge is -2.32. The Morgan fingerprint density at radius 1 is 1.09 bits per heavy atom. The third-order valence-electron chi connectivity index (χ3n) is 8.40. The summed E-state index contributed by atoms with van der Waals surface area (Å²) in [6, 6.07) is 16.9. The number of benzene rings is 2. The van der Waals surface area contributed by atoms with Gasteiger partial charge in [-0.05, 0) is 68.8 Å². The minimum atomic E-state index is -3.11. The number of nitrogens with two attached hydrogens (primary N) is 1. The van der Waals surface area contributed by atoms with Crippen molar-refractivity contribution in [2.24, 2.45) is 5.73 Å². The summed E-state index contributed by atoms with van der Waals surface area (Å²) in [6.45, 7) is 2.45. The van der Waals surface area contributed by atoms with Gasteiger partial charge in [0.2, 0.25) is 11.8 Å². The molecule has 2 fully saturated rings. The molecule has 2 aliphatic heterocycles. The predicted molar refractivity (Wildman–Crippen MR) is 157 cm³/mol. The van der Waals surface area contributed by atoms with Gasteiger partial charge >= 0.3 is 0 Å². The number of carbonyl (C=O) groups excluding carboxylic acids is 1. The van der Waals surface area contributed by atoms with Crippen molar-refractivity contribution in [2.45, 2.75) is 50.1 Å². The number of primary amides is 1. The molecule has 12 heteroatoms. The predicted octanol–water partition coefficient (Wildman–Crippen LogP) is 3.69. The number of hydrogen-bond donors (Lipinski definition) is 1. The van der Waals surface area contributed by atoms with Gasteiger partial charge in [-0.2, -0.15) is 5.26 Å². The number of fused-ring (bicyclic) bond motifs is 1. The molecule has 10 nitrogen and oxygen atoms in total. The Morgan fingerprint density at radius 3 is 2.58 bits per heavy atom. The van der Waals surface area contributed by atoms with Crippen molar-refractivity contribution in [1.82, 2.24) is 19.4 Å². The topological polar surface area (TPSA) is 144 Å². The molecule has 0 unspecified atom stereocenters. The number of likely N-dealkylation sites (tertiary alicyclic amines) is 1. The molecule has 0 spiro atoms. The lowest BCUT2D eigenvalue weighted by Crippen LogP contribution is -2.40. The lowest BCUT2D eigenvalue weighted by molar-refractivity contribution is 0.100. The number of nitriles is 1. The molecule has 222 valence electrons. The van der Waals surface area contributed by atoms with E-state index in [0.717, 1.165) is 37.4 Å². The molecule has 4 aromatic rings. The average molecular weight is 603 g/mol. The van der Waals surface area contributed by atoms with Crippen LogP contribution in [-0.4, -0.2) is 57.9 Å². The summed E-state index contributed by atoms with van der Waals surface area (Å²) in [7, 11) is -3.11. The zero-order valence-electron chi connectivity index (χ0n) is 23.4. The molecule has 2 aromatic heterocycles. The number of rotatable bonds is 9. The zero-order valence-corrected chi connectivity index (χ0v) is 24.3. The van der Waals surface area contributed by atoms with Crippen LogP contribution in [0.15, 0.2) is 54.6 Å². The van der Waals surface area contributed by atoms with Crippen LogP contribution < -0.4 is 10.5 Å². The van der Waals surface area contributed by atoms with Crippen molar-refractivity contribution >= 4 is 26.8 Å². The van der Waals surface area contributed by atoms with Crippen LogP contribution in [0.4, 0.5) is 4.39 Å². The van der Waals surface area contributed by atoms with Gasteiger partial charge in [0.1, 0.15) is 18.2 Å². The third-order valence-corrected chi connectivity index (χ3v) is 10.6. The highest BCUT2D eigenvalue weighted by molar-refractivity contribution is 7.93. The first-order valence-electron chi connectivity index (χ1n) is 14.2. The number of carbonyl (C=O) groups is 1. The third kappa shape index (κ3) is 6.09. The van der Waals surface area contributed by atoms with Gasteiger partial charge in [0.25, 0.3) is 0 Å². The van der Waals surface area contributed by atoms with Gasteiger partial charge < -0.3 is 15.0 Å². The normalized spacial score (nSPS) is 18.7. The van der Waals surface area contributed by atoms with E-state index < -0.39 is 26.8 Å². The molecule has 2 saturated heterocycles. The maximum Gasteiger partial charge on any atom is 0.248 e. The summed E-state index contributed by atoms with van der Waals surface area (Å²) in [5, 5.41) is 8.48. The molecular formula is C31H31FN6O4S. The van der Waals surface area contributed by atoms with Crippen LogP contribution in [0, 0.1) is 17.1 Å². The molecule has 2 aromatic carbocycles. The SMILES string of the molecule is N#Cc1ccc(COc2cccc(C3CCN(Cc4nc5ccc(C(N)=O)cc5n4C[C@H]4CCS4(=O)=O)CC3)n2)c(F)c1. The van der Waals surface area contributed by atoms with E-state index in [2.05, 4.69) is 9.88 Å². The summed E-state index contributed by atoms with van der Waals surface area (Å²) < 4.78 is 46.6. The first-order valence-corrected chi connectivity index (χ1v) is 15.9. The van der Waals surface area contributed by atoms with Gasteiger partial charge in [0.05, 0.1) is 40.2 Å². The fourth-order valence-electron chi connectivity index (χ4n) is 5.75. The van der Waals surface area contributed by atoms with E-state index in [9.17, 15) is 17.6 Å². The molecule has 6 rings (SSSR count). The molecular weight excluding hydrogens is 571 g/mol. The Kier molecular flexibility index (Phi) is 7.85. The fraction of sp³-hybridized carbons (Fsp3) is 0.355. The van der Waals surface area contributed by atoms with Crippen molar-refractivity contribution in [1.29, 1.82) is 5.26 Å². The molecule has 1 amide bonds. The largest absolute Gasteiger partial charge is 0.473 e. The number of hydrogen-bond acceptors (Lipinski definition) is 8. The van der Waals surface area contributed by atoms with E-state index in [0.29, 0.717) is 47.6 Å². The Balaban J connectivity index is 1.12. The second-order valence-electron chi connectivity index (χ2n) is 11.1. The quantitative estimate of drug-likeness (QED) is 0.306. The number of halogens is 1. The number of sulfone groups is 1. The molecule has 0 saturated carbocycles. The summed E-state index contributed by atoms with van der Waals surface area (Å²) in [6.07, 6.45) is 2.34. The van der Waals surface area contributed by atoms with Crippen LogP contribution in [0.5, 0.6) is 5.88 Å². The van der Waals surface area contributed by atoms with Crippen LogP contribution in [0.3, 0.4) is 0 Å². The molecule has 0 aliphatic carbocycles. The highest BCUT2D eigenvalue weighted by Gasteiger charge is 2.36. The highest BCUT2D eigenvalue weighted by Crippen LogP contribution is 2.31. The minimum absolute atomic E-state index is 0.0104. The van der Waals surface area contributed by atoms with Crippen molar-refractivity contribution in [2.75, 3.05) is 18.8 Å². The van der Waals surface area contributed by atoms with Crippen molar-refractivity contribution < 1.29 is 22.3 Å². The summed E-state index contributed by atoms with van der Waals surface area (Å²) in [5.74, 6) is 0.576. The van der Waals surface area contributed by atoms with Crippen LogP contribution in [-0.2, 0) is 29.5 Å². The minimum Gasteiger partial charge on any atom is -0.473 e. The Labute approximate surface area is 248 Å². The van der Waals surface area contributed by atoms with Gasteiger partial charge in [0, 0.05) is 35.3 Å². The molecule has 1 atom stereocenters. The average Bonchev–Trinajstić information content (AvgIpc) is 3.34. The second kappa shape index (κ2) is 11.7. The van der Waals surface area contributed by atoms with Crippen LogP contribution >= 0.6 is 0 Å². The Hall–Kier alpha value is -4.34. The maximum absolute atomic E-state index is 14.2. The monoisotopic (exact) mass is 602 g/mol. The molecule has 4 heterocycles. The van der Waals surface area contributed by atoms with Gasteiger partial charge in [-0.15, -0.1) is 0 Å². The van der Waals surface area contributed by atoms with Gasteiger partial charge in [-0.25, -0.2) is 22.8 Å². The van der Waals surface area contributed by atoms with E-state index in [-0.39, 0.29) is 23.8 Å². The molecule has 0 radical (unpaired) electrons. The number of nitrogens with zero attached hydrogens (tertiary/aromatic N) is 5. The molecule has 2 aliphatic rings. The maximum atomic E-state index is 14.2. The second-order valence-corrected chi connectivity index (χ2v) is 13.5. The first kappa shape index (κ1) is 28.8. The highest BCUT2D eigenvalue weighted by atomic mass is 32.2. The van der Waals surface area contributed by atoms with Crippen LogP contribution in [0.2, 0.25) is 0 Å². The van der Waals surface area contributed by atoms with Crippen molar-refractivity contribution in [3.63, 3.8) is 0 Å². The van der Waals surface area contributed by atoms with Crippen LogP contribution in [0.1, 0.15) is 58.2 Å². The first-order chi connectivity index (χ1) is 20.7. The van der Waals surface area contributed by atoms with E-state index in [1.54, 1.807) is 36.4 Å². The Morgan fingerprint density at radius 2 is 1.91 bits per heavy atom. The standard InChI is InChI=1S/C31H31FN6O4S/c32-25-14-20(16-33)4-5-23(25)19-42-30-3-1-2-26(36-30)21-8-11-37(12-9-21)18-29-35-27-7-6-22(31(34)39)15-28(27)38(29)17-24-10-13-43(24,40)41/h1-7,14-15,21,24H,8-13,17-19H2,(H2,34,39)/t24-/m1/s1. The number of ether oxygens (including phenoxy) is 1. The molecule has 0 bridgehead atoms. The summed E-state index contributed by atoms with van der Waals surface area (Å²) in [4.78, 5) is 23.6. The van der Waals surface area contributed by atoms with E-state index in [1.807, 2.05) is 22.8 Å². The van der Waals surface area contributed by atoms with Gasteiger partial charge in [-0.1, -0.05) is 12.1 Å². The Bertz CT molecular complexity index is 1840. The number of pyridine rings is 1. The smallest absolute Gasteiger partial charge is 0.248 e. The summed E-state index contributed by atoms with van der Waals surface area (Å²) in [5.41, 5.74) is 8.81. The van der Waals surface area contributed by atoms with Gasteiger partial charge in [-0.3, -0.25) is 9.69 Å². The van der Waals surface area contributed by atoms with E-state index in [4.69, 9.17) is 20.7 Å². The van der Waals surface area contributed by atoms with E-state index in [1.165, 1.54) is 6.07 Å². The number of piperidine rings is 1.